The molecule has 8 heteroatoms. The number of carbonyl (C=O) groups is 2. The van der Waals surface area contributed by atoms with Gasteiger partial charge in [-0.1, -0.05) is 75.9 Å². The molecule has 3 aromatic rings. The number of ether oxygens (including phenoxy) is 3. The second-order valence-electron chi connectivity index (χ2n) is 9.91. The lowest BCUT2D eigenvalue weighted by Crippen LogP contribution is -2.33. The molecular weight excluding hydrogens is 545 g/mol. The average Bonchev–Trinajstić information content (AvgIpc) is 2.98. The normalized spacial score (nSPS) is 12.2. The van der Waals surface area contributed by atoms with E-state index in [9.17, 15) is 22.8 Å². The molecule has 0 fully saturated rings. The summed E-state index contributed by atoms with van der Waals surface area (Å²) in [6, 6.07) is 21.1. The van der Waals surface area contributed by atoms with E-state index in [1.165, 1.54) is 37.5 Å². The highest BCUT2D eigenvalue weighted by molar-refractivity contribution is 5.91. The summed E-state index contributed by atoms with van der Waals surface area (Å²) in [7, 11) is 0. The molecule has 1 atom stereocenters. The van der Waals surface area contributed by atoms with Gasteiger partial charge in [-0.15, -0.1) is 0 Å². The summed E-state index contributed by atoms with van der Waals surface area (Å²) in [4.78, 5) is 24.5. The zero-order valence-electron chi connectivity index (χ0n) is 24.0. The number of hydrogen-bond acceptors (Lipinski definition) is 5. The summed E-state index contributed by atoms with van der Waals surface area (Å²) >= 11 is 0. The molecule has 0 saturated heterocycles. The minimum absolute atomic E-state index is 0.274. The van der Waals surface area contributed by atoms with Crippen molar-refractivity contribution < 1.29 is 37.0 Å². The summed E-state index contributed by atoms with van der Waals surface area (Å²) in [5.41, 5.74) is 2.85. The molecule has 0 aliphatic rings. The van der Waals surface area contributed by atoms with Crippen LogP contribution in [0.3, 0.4) is 0 Å². The lowest BCUT2D eigenvalue weighted by molar-refractivity contribution is -0.220. The monoisotopic (exact) mass is 582 g/mol. The Bertz CT molecular complexity index is 1280. The average molecular weight is 583 g/mol. The third kappa shape index (κ3) is 10.7. The van der Waals surface area contributed by atoms with Gasteiger partial charge in [-0.05, 0) is 78.4 Å². The number of benzene rings is 3. The number of esters is 2. The lowest BCUT2D eigenvalue weighted by atomic mass is 10.0. The highest BCUT2D eigenvalue weighted by atomic mass is 19.4. The van der Waals surface area contributed by atoms with Gasteiger partial charge in [0.15, 0.2) is 6.10 Å². The zero-order valence-corrected chi connectivity index (χ0v) is 24.0. The topological polar surface area (TPSA) is 61.8 Å². The Labute approximate surface area is 245 Å². The fraction of sp³-hybridized carbons (Fsp3) is 0.353. The van der Waals surface area contributed by atoms with Crippen LogP contribution < -0.4 is 9.47 Å². The van der Waals surface area contributed by atoms with Crippen LogP contribution in [0.25, 0.3) is 17.2 Å². The molecule has 0 N–H and O–H groups in total. The van der Waals surface area contributed by atoms with Crippen molar-refractivity contribution in [1.29, 1.82) is 0 Å². The van der Waals surface area contributed by atoms with Crippen LogP contribution in [-0.2, 0) is 9.53 Å². The minimum atomic E-state index is -4.61. The van der Waals surface area contributed by atoms with Crippen LogP contribution in [0, 0.1) is 0 Å². The molecule has 0 bridgehead atoms. The van der Waals surface area contributed by atoms with Crippen molar-refractivity contribution in [3.05, 3.63) is 90.0 Å². The van der Waals surface area contributed by atoms with Crippen molar-refractivity contribution in [2.75, 3.05) is 6.61 Å². The van der Waals surface area contributed by atoms with E-state index in [0.29, 0.717) is 30.6 Å². The highest BCUT2D eigenvalue weighted by Gasteiger charge is 2.41. The van der Waals surface area contributed by atoms with Gasteiger partial charge in [0.25, 0.3) is 0 Å². The third-order valence-electron chi connectivity index (χ3n) is 6.52. The van der Waals surface area contributed by atoms with Crippen molar-refractivity contribution in [2.24, 2.45) is 0 Å². The minimum Gasteiger partial charge on any atom is -0.494 e. The Hall–Kier alpha value is -4.07. The summed E-state index contributed by atoms with van der Waals surface area (Å²) in [5.74, 6) is -0.500. The number of hydrogen-bond donors (Lipinski definition) is 0. The Morgan fingerprint density at radius 2 is 1.36 bits per heavy atom. The molecule has 0 aromatic heterocycles. The standard InChI is InChI=1S/C34H37F3O5/c1-3-5-7-8-24-40-29-21-17-27(18-22-29)26-13-15-28(16-14-26)33(39)41-30-19-10-25(11-20-30)12-23-32(38)42-31(9-6-4-2)34(35,36)37/h10-23,31H,3-9,24H2,1-2H3/b23-12-/t31-/m0/s1. The SMILES string of the molecule is CCCCCCOc1ccc(-c2ccc(C(=O)Oc3ccc(/C=C\C(=O)O[C@@H](CCCC)C(F)(F)F)cc3)cc2)cc1. The van der Waals surface area contributed by atoms with E-state index in [2.05, 4.69) is 11.7 Å². The summed E-state index contributed by atoms with van der Waals surface area (Å²) in [5, 5.41) is 0. The molecule has 0 heterocycles. The maximum Gasteiger partial charge on any atom is 0.425 e. The zero-order chi connectivity index (χ0) is 30.4. The maximum absolute atomic E-state index is 13.1. The molecule has 0 radical (unpaired) electrons. The molecule has 0 aliphatic heterocycles. The van der Waals surface area contributed by atoms with Gasteiger partial charge in [0, 0.05) is 6.08 Å². The van der Waals surface area contributed by atoms with Gasteiger partial charge in [0.1, 0.15) is 11.5 Å². The van der Waals surface area contributed by atoms with E-state index in [-0.39, 0.29) is 12.2 Å². The van der Waals surface area contributed by atoms with Crippen molar-refractivity contribution in [1.82, 2.24) is 0 Å². The molecular formula is C34H37F3O5. The van der Waals surface area contributed by atoms with Gasteiger partial charge in [0.05, 0.1) is 12.2 Å². The van der Waals surface area contributed by atoms with E-state index in [1.807, 2.05) is 36.4 Å². The van der Waals surface area contributed by atoms with Crippen LogP contribution in [0.2, 0.25) is 0 Å². The number of unbranched alkanes of at least 4 members (excludes halogenated alkanes) is 4. The summed E-state index contributed by atoms with van der Waals surface area (Å²) in [6.07, 6.45) is 0.749. The number of alkyl halides is 3. The fourth-order valence-electron chi connectivity index (χ4n) is 4.10. The van der Waals surface area contributed by atoms with E-state index >= 15 is 0 Å². The van der Waals surface area contributed by atoms with Crippen LogP contribution in [0.1, 0.15) is 74.7 Å². The Kier molecular flexibility index (Phi) is 12.7. The Morgan fingerprint density at radius 1 is 0.762 bits per heavy atom. The van der Waals surface area contributed by atoms with E-state index in [0.717, 1.165) is 29.4 Å². The molecule has 0 aliphatic carbocycles. The number of rotatable bonds is 15. The van der Waals surface area contributed by atoms with Crippen LogP contribution in [0.5, 0.6) is 11.5 Å². The van der Waals surface area contributed by atoms with Gasteiger partial charge in [0.2, 0.25) is 0 Å². The molecule has 0 unspecified atom stereocenters. The third-order valence-corrected chi connectivity index (χ3v) is 6.52. The molecule has 5 nitrogen and oxygen atoms in total. The quantitative estimate of drug-likeness (QED) is 0.0774. The predicted octanol–water partition coefficient (Wildman–Crippen LogP) is 9.21. The van der Waals surface area contributed by atoms with Crippen molar-refractivity contribution in [3.63, 3.8) is 0 Å². The Balaban J connectivity index is 1.51. The highest BCUT2D eigenvalue weighted by Crippen LogP contribution is 2.27. The predicted molar refractivity (Wildman–Crippen MR) is 157 cm³/mol. The largest absolute Gasteiger partial charge is 0.494 e. The van der Waals surface area contributed by atoms with Gasteiger partial charge in [-0.25, -0.2) is 9.59 Å². The molecule has 3 rings (SSSR count). The van der Waals surface area contributed by atoms with Crippen LogP contribution in [-0.4, -0.2) is 30.8 Å². The first-order valence-electron chi connectivity index (χ1n) is 14.3. The summed E-state index contributed by atoms with van der Waals surface area (Å²) < 4.78 is 55.0. The van der Waals surface area contributed by atoms with Crippen LogP contribution >= 0.6 is 0 Å². The van der Waals surface area contributed by atoms with Crippen molar-refractivity contribution in [3.8, 4) is 22.6 Å². The summed E-state index contributed by atoms with van der Waals surface area (Å²) in [6.45, 7) is 4.65. The molecule has 0 spiro atoms. The van der Waals surface area contributed by atoms with Crippen molar-refractivity contribution in [2.45, 2.75) is 71.1 Å². The first-order valence-corrected chi connectivity index (χ1v) is 14.3. The van der Waals surface area contributed by atoms with Crippen molar-refractivity contribution >= 4 is 18.0 Å². The number of carbonyl (C=O) groups excluding carboxylic acids is 2. The maximum atomic E-state index is 13.1. The number of halogens is 3. The Morgan fingerprint density at radius 3 is 1.95 bits per heavy atom. The van der Waals surface area contributed by atoms with Gasteiger partial charge >= 0.3 is 18.1 Å². The van der Waals surface area contributed by atoms with Gasteiger partial charge in [-0.2, -0.15) is 13.2 Å². The van der Waals surface area contributed by atoms with Crippen LogP contribution in [0.15, 0.2) is 78.9 Å². The first-order chi connectivity index (χ1) is 20.2. The second kappa shape index (κ2) is 16.4. The lowest BCUT2D eigenvalue weighted by Gasteiger charge is -2.19. The van der Waals surface area contributed by atoms with E-state index in [4.69, 9.17) is 9.47 Å². The molecule has 224 valence electrons. The molecule has 0 amide bonds. The van der Waals surface area contributed by atoms with E-state index in [1.54, 1.807) is 31.2 Å². The van der Waals surface area contributed by atoms with Gasteiger partial charge in [-0.3, -0.25) is 0 Å². The van der Waals surface area contributed by atoms with E-state index < -0.39 is 24.2 Å². The second-order valence-corrected chi connectivity index (χ2v) is 9.91. The molecule has 42 heavy (non-hydrogen) atoms. The molecule has 0 saturated carbocycles. The smallest absolute Gasteiger partial charge is 0.425 e. The molecule has 3 aromatic carbocycles. The van der Waals surface area contributed by atoms with Gasteiger partial charge < -0.3 is 14.2 Å². The first kappa shape index (κ1) is 32.4. The van der Waals surface area contributed by atoms with Crippen LogP contribution in [0.4, 0.5) is 13.2 Å². The fourth-order valence-corrected chi connectivity index (χ4v) is 4.10.